The highest BCUT2D eigenvalue weighted by Gasteiger charge is 2.32. The van der Waals surface area contributed by atoms with E-state index in [-0.39, 0.29) is 17.5 Å². The Morgan fingerprint density at radius 3 is 2.76 bits per heavy atom. The van der Waals surface area contributed by atoms with Crippen molar-refractivity contribution in [3.8, 4) is 0 Å². The smallest absolute Gasteiger partial charge is 0.266 e. The lowest BCUT2D eigenvalue weighted by molar-refractivity contribution is 0.0946. The molecule has 5 rings (SSSR count). The second-order valence-electron chi connectivity index (χ2n) is 6.24. The number of para-hydroxylation sites is 2. The summed E-state index contributed by atoms with van der Waals surface area (Å²) in [5.74, 6) is 1.07. The first-order valence-corrected chi connectivity index (χ1v) is 8.22. The number of carbonyl (C=O) groups is 1. The molecule has 1 aromatic heterocycles. The van der Waals surface area contributed by atoms with E-state index in [0.29, 0.717) is 46.7 Å². The first-order valence-electron chi connectivity index (χ1n) is 8.22. The molecule has 6 heteroatoms. The van der Waals surface area contributed by atoms with Crippen molar-refractivity contribution < 1.29 is 4.79 Å². The van der Waals surface area contributed by atoms with Gasteiger partial charge in [-0.1, -0.05) is 24.3 Å². The molecular weight excluding hydrogens is 316 g/mol. The molecule has 0 bridgehead atoms. The van der Waals surface area contributed by atoms with E-state index in [0.717, 1.165) is 0 Å². The molecule has 2 aliphatic rings. The third-order valence-corrected chi connectivity index (χ3v) is 4.73. The van der Waals surface area contributed by atoms with Gasteiger partial charge >= 0.3 is 0 Å². The molecule has 0 saturated carbocycles. The average molecular weight is 330 g/mol. The van der Waals surface area contributed by atoms with Gasteiger partial charge in [-0.25, -0.2) is 14.5 Å². The van der Waals surface area contributed by atoms with Crippen molar-refractivity contribution in [2.45, 2.75) is 18.9 Å². The zero-order chi connectivity index (χ0) is 17.0. The highest BCUT2D eigenvalue weighted by molar-refractivity contribution is 6.07. The van der Waals surface area contributed by atoms with E-state index in [4.69, 9.17) is 0 Å². The van der Waals surface area contributed by atoms with Crippen LogP contribution in [0.4, 0.5) is 5.69 Å². The van der Waals surface area contributed by atoms with Crippen LogP contribution in [0, 0.1) is 0 Å². The van der Waals surface area contributed by atoms with Crippen molar-refractivity contribution in [2.24, 2.45) is 4.99 Å². The van der Waals surface area contributed by atoms with Gasteiger partial charge in [-0.3, -0.25) is 9.59 Å². The molecular formula is C19H14N4O2. The quantitative estimate of drug-likeness (QED) is 0.685. The minimum absolute atomic E-state index is 0.141. The van der Waals surface area contributed by atoms with Gasteiger partial charge in [0.15, 0.2) is 0 Å². The van der Waals surface area contributed by atoms with Crippen molar-refractivity contribution in [1.82, 2.24) is 14.9 Å². The fourth-order valence-electron chi connectivity index (χ4n) is 3.53. The zero-order valence-electron chi connectivity index (χ0n) is 13.3. The van der Waals surface area contributed by atoms with Gasteiger partial charge in [0.2, 0.25) is 0 Å². The van der Waals surface area contributed by atoms with Crippen LogP contribution in [0.2, 0.25) is 0 Å². The van der Waals surface area contributed by atoms with Gasteiger partial charge in [0.1, 0.15) is 11.7 Å². The zero-order valence-corrected chi connectivity index (χ0v) is 13.3. The van der Waals surface area contributed by atoms with Gasteiger partial charge < -0.3 is 5.32 Å². The van der Waals surface area contributed by atoms with Crippen LogP contribution in [0.15, 0.2) is 58.3 Å². The number of hydrogen-bond donors (Lipinski definition) is 1. The van der Waals surface area contributed by atoms with E-state index in [2.05, 4.69) is 15.3 Å². The van der Waals surface area contributed by atoms with E-state index in [1.807, 2.05) is 30.3 Å². The minimum Gasteiger partial charge on any atom is -0.342 e. The normalized spacial score (nSPS) is 18.5. The lowest BCUT2D eigenvalue weighted by Crippen LogP contribution is -2.49. The lowest BCUT2D eigenvalue weighted by atomic mass is 10.0. The second-order valence-corrected chi connectivity index (χ2v) is 6.24. The Balaban J connectivity index is 1.82. The summed E-state index contributed by atoms with van der Waals surface area (Å²) in [6.45, 7) is 0. The molecule has 25 heavy (non-hydrogen) atoms. The fraction of sp³-hybridized carbons (Fsp3) is 0.158. The number of benzene rings is 2. The highest BCUT2D eigenvalue weighted by atomic mass is 16.2. The standard InChI is InChI=1S/C19H14N4O2/c24-18-11-5-1-3-7-13(11)21-17-15(22-18)9-10-16-20-14-8-4-2-6-12(14)19(25)23(16)17/h1-8,15H,9-10H2,(H,22,24)/t15-/m0/s1. The van der Waals surface area contributed by atoms with Crippen LogP contribution < -0.4 is 10.9 Å². The summed E-state index contributed by atoms with van der Waals surface area (Å²) < 4.78 is 1.57. The third-order valence-electron chi connectivity index (χ3n) is 4.73. The van der Waals surface area contributed by atoms with Crippen LogP contribution in [0.1, 0.15) is 22.6 Å². The van der Waals surface area contributed by atoms with Gasteiger partial charge in [-0.15, -0.1) is 0 Å². The maximum Gasteiger partial charge on any atom is 0.266 e. The number of aliphatic imine (C=N–C) groups is 1. The Morgan fingerprint density at radius 2 is 1.84 bits per heavy atom. The van der Waals surface area contributed by atoms with Crippen molar-refractivity contribution in [3.63, 3.8) is 0 Å². The minimum atomic E-state index is -0.298. The number of aromatic nitrogens is 2. The monoisotopic (exact) mass is 330 g/mol. The van der Waals surface area contributed by atoms with Gasteiger partial charge in [0, 0.05) is 6.42 Å². The van der Waals surface area contributed by atoms with Crippen LogP contribution in [0.3, 0.4) is 0 Å². The Kier molecular flexibility index (Phi) is 2.88. The number of fused-ring (bicyclic) bond motifs is 5. The Morgan fingerprint density at radius 1 is 1.04 bits per heavy atom. The first-order chi connectivity index (χ1) is 12.2. The molecule has 0 unspecified atom stereocenters. The molecule has 0 saturated heterocycles. The Hall–Kier alpha value is -3.28. The summed E-state index contributed by atoms with van der Waals surface area (Å²) in [6.07, 6.45) is 1.28. The second kappa shape index (κ2) is 5.11. The van der Waals surface area contributed by atoms with Crippen molar-refractivity contribution in [1.29, 1.82) is 0 Å². The van der Waals surface area contributed by atoms with E-state index >= 15 is 0 Å². The summed E-state index contributed by atoms with van der Waals surface area (Å²) in [5.41, 5.74) is 1.65. The molecule has 1 N–H and O–H groups in total. The molecule has 6 nitrogen and oxygen atoms in total. The van der Waals surface area contributed by atoms with Crippen molar-refractivity contribution in [3.05, 3.63) is 70.3 Å². The Labute approximate surface area is 142 Å². The summed E-state index contributed by atoms with van der Waals surface area (Å²) in [5, 5.41) is 3.55. The number of hydrogen-bond acceptors (Lipinski definition) is 4. The highest BCUT2D eigenvalue weighted by Crippen LogP contribution is 2.25. The molecule has 0 aliphatic carbocycles. The van der Waals surface area contributed by atoms with Gasteiger partial charge in [-0.05, 0) is 30.7 Å². The van der Waals surface area contributed by atoms with E-state index in [9.17, 15) is 9.59 Å². The third kappa shape index (κ3) is 2.04. The maximum absolute atomic E-state index is 13.1. The summed E-state index contributed by atoms with van der Waals surface area (Å²) in [6, 6.07) is 14.2. The number of aryl methyl sites for hydroxylation is 1. The average Bonchev–Trinajstić information content (AvgIpc) is 2.78. The van der Waals surface area contributed by atoms with Crippen LogP contribution in [0.5, 0.6) is 0 Å². The number of nitrogens with one attached hydrogen (secondary N) is 1. The predicted octanol–water partition coefficient (Wildman–Crippen LogP) is 2.03. The van der Waals surface area contributed by atoms with Gasteiger partial charge in [0.25, 0.3) is 11.5 Å². The fourth-order valence-corrected chi connectivity index (χ4v) is 3.53. The Bertz CT molecular complexity index is 1130. The van der Waals surface area contributed by atoms with Gasteiger partial charge in [0.05, 0.1) is 28.2 Å². The molecule has 2 aliphatic heterocycles. The number of carbonyl (C=O) groups excluding carboxylic acids is 1. The van der Waals surface area contributed by atoms with E-state index in [1.54, 1.807) is 22.8 Å². The van der Waals surface area contributed by atoms with E-state index < -0.39 is 0 Å². The maximum atomic E-state index is 13.1. The van der Waals surface area contributed by atoms with Crippen LogP contribution >= 0.6 is 0 Å². The molecule has 0 fully saturated rings. The topological polar surface area (TPSA) is 76.3 Å². The first kappa shape index (κ1) is 14.1. The molecule has 3 aromatic rings. The van der Waals surface area contributed by atoms with Crippen LogP contribution in [-0.2, 0) is 6.42 Å². The molecule has 122 valence electrons. The molecule has 2 aromatic carbocycles. The number of nitrogens with zero attached hydrogens (tertiary/aromatic N) is 3. The van der Waals surface area contributed by atoms with Crippen molar-refractivity contribution >= 4 is 28.3 Å². The molecule has 0 radical (unpaired) electrons. The number of amides is 1. The molecule has 0 spiro atoms. The largest absolute Gasteiger partial charge is 0.342 e. The lowest BCUT2D eigenvalue weighted by Gasteiger charge is -2.27. The number of rotatable bonds is 0. The SMILES string of the molecule is O=C1N[C@H]2CCc3nc4ccccc4c(=O)n3C2=Nc2ccccc21. The van der Waals surface area contributed by atoms with Crippen LogP contribution in [0.25, 0.3) is 10.9 Å². The van der Waals surface area contributed by atoms with Crippen molar-refractivity contribution in [2.75, 3.05) is 0 Å². The molecule has 3 heterocycles. The predicted molar refractivity (Wildman–Crippen MR) is 94.5 cm³/mol. The van der Waals surface area contributed by atoms with Crippen LogP contribution in [-0.4, -0.2) is 27.3 Å². The molecule has 1 amide bonds. The summed E-state index contributed by atoms with van der Waals surface area (Å²) >= 11 is 0. The van der Waals surface area contributed by atoms with E-state index in [1.165, 1.54) is 0 Å². The summed E-state index contributed by atoms with van der Waals surface area (Å²) in [7, 11) is 0. The summed E-state index contributed by atoms with van der Waals surface area (Å²) in [4.78, 5) is 34.9. The molecule has 1 atom stereocenters. The van der Waals surface area contributed by atoms with Gasteiger partial charge in [-0.2, -0.15) is 0 Å².